The predicted molar refractivity (Wildman–Crippen MR) is 350 cm³/mol. The van der Waals surface area contributed by atoms with Gasteiger partial charge in [-0.05, 0) is 152 Å². The zero-order valence-electron chi connectivity index (χ0n) is 45.6. The van der Waals surface area contributed by atoms with Crippen molar-refractivity contribution in [3.05, 3.63) is 315 Å². The standard InChI is InChI=1S/C78H54BN3O/c1-6-18-53(19-7-1)58-30-39-63(40-31-58)80(64-41-32-59(33-42-64)54-20-8-2-9-21-54)67-47-49-71-69(51-67)77-76-68-28-16-17-29-74(68)83-75(76)52-73-78(77)79(82(71)66-45-36-61(37-46-66)56-24-12-4-13-25-56)70-50-62(57-26-14-5-15-27-57)38-48-72(70)81(73)65-43-34-60(35-44-65)55-22-10-3-11-23-55/h1-20,22-52,54H,21H2. The molecular weight excluding hydrogens is 1010 g/mol. The maximum Gasteiger partial charge on any atom is 0.333 e. The molecular formula is C78H54BN3O. The van der Waals surface area contributed by atoms with Gasteiger partial charge < -0.3 is 19.0 Å². The van der Waals surface area contributed by atoms with E-state index in [1.807, 2.05) is 0 Å². The number of anilines is 8. The van der Waals surface area contributed by atoms with Crippen LogP contribution in [0.1, 0.15) is 17.9 Å². The van der Waals surface area contributed by atoms with Crippen molar-refractivity contribution < 1.29 is 4.42 Å². The first-order chi connectivity index (χ1) is 41.2. The molecule has 0 saturated heterocycles. The van der Waals surface area contributed by atoms with Crippen molar-refractivity contribution in [1.82, 2.24) is 0 Å². The summed E-state index contributed by atoms with van der Waals surface area (Å²) in [7, 11) is 0. The summed E-state index contributed by atoms with van der Waals surface area (Å²) in [6.07, 6.45) is 9.89. The van der Waals surface area contributed by atoms with Gasteiger partial charge in [-0.15, -0.1) is 0 Å². The van der Waals surface area contributed by atoms with Crippen LogP contribution in [0.15, 0.2) is 314 Å². The average Bonchev–Trinajstić information content (AvgIpc) is 2.29. The van der Waals surface area contributed by atoms with Gasteiger partial charge in [0.25, 0.3) is 0 Å². The Morgan fingerprint density at radius 1 is 0.398 bits per heavy atom. The Bertz CT molecular complexity index is 4620. The first-order valence-corrected chi connectivity index (χ1v) is 28.8. The smallest absolute Gasteiger partial charge is 0.333 e. The molecule has 0 amide bonds. The quantitative estimate of drug-likeness (QED) is 0.127. The molecule has 13 aromatic rings. The van der Waals surface area contributed by atoms with Crippen LogP contribution in [-0.2, 0) is 0 Å². The molecule has 83 heavy (non-hydrogen) atoms. The molecule has 1 aromatic heterocycles. The first-order valence-electron chi connectivity index (χ1n) is 28.8. The highest BCUT2D eigenvalue weighted by Crippen LogP contribution is 2.53. The molecule has 12 aromatic carbocycles. The molecule has 1 aliphatic carbocycles. The van der Waals surface area contributed by atoms with E-state index in [9.17, 15) is 0 Å². The van der Waals surface area contributed by atoms with Crippen molar-refractivity contribution in [2.75, 3.05) is 14.6 Å². The summed E-state index contributed by atoms with van der Waals surface area (Å²) < 4.78 is 7.09. The molecule has 3 aliphatic rings. The zero-order chi connectivity index (χ0) is 54.8. The van der Waals surface area contributed by atoms with Crippen LogP contribution in [0.4, 0.5) is 45.5 Å². The minimum atomic E-state index is -0.254. The van der Waals surface area contributed by atoms with Gasteiger partial charge in [0, 0.05) is 73.8 Å². The maximum absolute atomic E-state index is 7.09. The monoisotopic (exact) mass is 1060 g/mol. The fourth-order valence-corrected chi connectivity index (χ4v) is 13.2. The summed E-state index contributed by atoms with van der Waals surface area (Å²) in [5.74, 6) is 0.337. The van der Waals surface area contributed by atoms with Crippen molar-refractivity contribution >= 4 is 85.2 Å². The molecule has 1 unspecified atom stereocenters. The van der Waals surface area contributed by atoms with Crippen molar-refractivity contribution in [1.29, 1.82) is 0 Å². The summed E-state index contributed by atoms with van der Waals surface area (Å²) in [5, 5.41) is 2.20. The van der Waals surface area contributed by atoms with Crippen LogP contribution in [0, 0.1) is 0 Å². The number of hydrogen-bond acceptors (Lipinski definition) is 4. The molecule has 0 fully saturated rings. The van der Waals surface area contributed by atoms with Gasteiger partial charge in [-0.2, -0.15) is 0 Å². The van der Waals surface area contributed by atoms with E-state index in [2.05, 4.69) is 324 Å². The highest BCUT2D eigenvalue weighted by atomic mass is 16.3. The van der Waals surface area contributed by atoms with Gasteiger partial charge in [-0.1, -0.05) is 224 Å². The van der Waals surface area contributed by atoms with Gasteiger partial charge >= 0.3 is 6.85 Å². The number of nitrogens with zero attached hydrogens (tertiary/aromatic N) is 3. The minimum Gasteiger partial charge on any atom is -0.456 e. The van der Waals surface area contributed by atoms with E-state index < -0.39 is 0 Å². The van der Waals surface area contributed by atoms with E-state index in [1.54, 1.807) is 0 Å². The van der Waals surface area contributed by atoms with E-state index in [4.69, 9.17) is 4.42 Å². The molecule has 4 nitrogen and oxygen atoms in total. The molecule has 0 saturated carbocycles. The Morgan fingerprint density at radius 2 is 0.904 bits per heavy atom. The minimum absolute atomic E-state index is 0.254. The molecule has 2 aliphatic heterocycles. The largest absolute Gasteiger partial charge is 0.456 e. The van der Waals surface area contributed by atoms with Gasteiger partial charge in [-0.25, -0.2) is 0 Å². The Kier molecular flexibility index (Phi) is 11.7. The van der Waals surface area contributed by atoms with Crippen LogP contribution in [0.25, 0.3) is 77.6 Å². The molecule has 3 heterocycles. The second-order valence-corrected chi connectivity index (χ2v) is 21.9. The van der Waals surface area contributed by atoms with Crippen LogP contribution in [0.2, 0.25) is 0 Å². The van der Waals surface area contributed by atoms with Crippen molar-refractivity contribution in [3.63, 3.8) is 0 Å². The lowest BCUT2D eigenvalue weighted by molar-refractivity contribution is 0.669. The Labute approximate surface area is 484 Å². The van der Waals surface area contributed by atoms with Crippen molar-refractivity contribution in [2.24, 2.45) is 0 Å². The molecule has 0 spiro atoms. The average molecular weight is 1060 g/mol. The fraction of sp³-hybridized carbons (Fsp3) is 0.0256. The number of rotatable bonds is 10. The Morgan fingerprint density at radius 3 is 1.51 bits per heavy atom. The predicted octanol–water partition coefficient (Wildman–Crippen LogP) is 20.0. The Balaban J connectivity index is 0.971. The summed E-state index contributed by atoms with van der Waals surface area (Å²) >= 11 is 0. The molecule has 16 rings (SSSR count). The maximum atomic E-state index is 7.09. The number of hydrogen-bond donors (Lipinski definition) is 0. The van der Waals surface area contributed by atoms with E-state index in [-0.39, 0.29) is 6.85 Å². The highest BCUT2D eigenvalue weighted by Gasteiger charge is 2.47. The number of benzene rings is 12. The van der Waals surface area contributed by atoms with E-state index in [0.29, 0.717) is 5.92 Å². The number of fused-ring (bicyclic) bond motifs is 8. The SMILES string of the molecule is C1=CCC(c2ccc(N(c3ccc(-c4ccccc4)cc3)c3ccc4c(c3)-c3c5c(cc6oc7ccccc7c36)N(c3ccc(-c6ccccc6)cc3)c3ccc(-c6ccccc6)cc3B5N4c3ccc(-c4ccccc4)cc3)cc2)C=C1. The van der Waals surface area contributed by atoms with Crippen molar-refractivity contribution in [2.45, 2.75) is 12.3 Å². The number of allylic oxidation sites excluding steroid dienone is 4. The van der Waals surface area contributed by atoms with E-state index in [0.717, 1.165) is 79.4 Å². The summed E-state index contributed by atoms with van der Waals surface area (Å²) in [6.45, 7) is -0.254. The third-order valence-electron chi connectivity index (χ3n) is 17.2. The lowest BCUT2D eigenvalue weighted by Gasteiger charge is -2.46. The first kappa shape index (κ1) is 48.3. The topological polar surface area (TPSA) is 22.9 Å². The Hall–Kier alpha value is -10.6. The summed E-state index contributed by atoms with van der Waals surface area (Å²) in [6, 6.07) is 105. The zero-order valence-corrected chi connectivity index (χ0v) is 45.6. The number of para-hydroxylation sites is 1. The van der Waals surface area contributed by atoms with Gasteiger partial charge in [-0.3, -0.25) is 0 Å². The molecule has 5 heteroatoms. The van der Waals surface area contributed by atoms with Crippen LogP contribution in [0.5, 0.6) is 0 Å². The second-order valence-electron chi connectivity index (χ2n) is 21.9. The third-order valence-corrected chi connectivity index (χ3v) is 17.2. The normalized spacial score (nSPS) is 13.9. The lowest BCUT2D eigenvalue weighted by atomic mass is 9.43. The van der Waals surface area contributed by atoms with E-state index >= 15 is 0 Å². The van der Waals surface area contributed by atoms with E-state index in [1.165, 1.54) is 66.6 Å². The lowest BCUT2D eigenvalue weighted by Crippen LogP contribution is -2.61. The van der Waals surface area contributed by atoms with Crippen LogP contribution in [0.3, 0.4) is 0 Å². The molecule has 0 radical (unpaired) electrons. The van der Waals surface area contributed by atoms with Gasteiger partial charge in [0.05, 0.1) is 0 Å². The number of furan rings is 1. The molecule has 390 valence electrons. The summed E-state index contributed by atoms with van der Waals surface area (Å²) in [4.78, 5) is 7.55. The van der Waals surface area contributed by atoms with Crippen LogP contribution >= 0.6 is 0 Å². The fourth-order valence-electron chi connectivity index (χ4n) is 13.2. The van der Waals surface area contributed by atoms with Gasteiger partial charge in [0.2, 0.25) is 0 Å². The van der Waals surface area contributed by atoms with Gasteiger partial charge in [0.15, 0.2) is 0 Å². The third kappa shape index (κ3) is 8.39. The molecule has 0 N–H and O–H groups in total. The van der Waals surface area contributed by atoms with Crippen LogP contribution < -0.4 is 25.5 Å². The second kappa shape index (κ2) is 20.2. The van der Waals surface area contributed by atoms with Crippen LogP contribution in [-0.4, -0.2) is 6.85 Å². The molecule has 0 bridgehead atoms. The van der Waals surface area contributed by atoms with Crippen molar-refractivity contribution in [3.8, 4) is 55.6 Å². The molecule has 1 atom stereocenters. The van der Waals surface area contributed by atoms with Gasteiger partial charge in [0.1, 0.15) is 11.2 Å². The summed E-state index contributed by atoms with van der Waals surface area (Å²) in [5.41, 5.74) is 25.9. The highest BCUT2D eigenvalue weighted by molar-refractivity contribution is 6.94.